The molecule has 0 amide bonds. The molecular formula is C14H22FNO4S. The van der Waals surface area contributed by atoms with Crippen LogP contribution in [0.1, 0.15) is 32.3 Å². The molecule has 1 rings (SSSR count). The monoisotopic (exact) mass is 319 g/mol. The largest absolute Gasteiger partial charge is 0.392 e. The van der Waals surface area contributed by atoms with Crippen LogP contribution < -0.4 is 4.72 Å². The van der Waals surface area contributed by atoms with Gasteiger partial charge in [0.25, 0.3) is 0 Å². The number of benzene rings is 1. The number of hydrogen-bond acceptors (Lipinski definition) is 4. The lowest BCUT2D eigenvalue weighted by molar-refractivity contribution is 0.0762. The summed E-state index contributed by atoms with van der Waals surface area (Å²) in [4.78, 5) is -0.438. The molecule has 0 heterocycles. The van der Waals surface area contributed by atoms with E-state index in [1.165, 1.54) is 6.07 Å². The molecule has 0 unspecified atom stereocenters. The minimum absolute atomic E-state index is 0.150. The maximum Gasteiger partial charge on any atom is 0.243 e. The molecule has 5 nitrogen and oxygen atoms in total. The molecule has 21 heavy (non-hydrogen) atoms. The van der Waals surface area contributed by atoms with Crippen molar-refractivity contribution in [2.24, 2.45) is 0 Å². The van der Waals surface area contributed by atoms with Crippen LogP contribution in [-0.4, -0.2) is 32.8 Å². The molecule has 0 bridgehead atoms. The fourth-order valence-electron chi connectivity index (χ4n) is 1.68. The van der Waals surface area contributed by atoms with Gasteiger partial charge in [-0.05, 0) is 44.4 Å². The lowest BCUT2D eigenvalue weighted by Gasteiger charge is -2.10. The van der Waals surface area contributed by atoms with Gasteiger partial charge in [0.15, 0.2) is 0 Å². The van der Waals surface area contributed by atoms with E-state index in [4.69, 9.17) is 9.84 Å². The van der Waals surface area contributed by atoms with Crippen LogP contribution in [0.4, 0.5) is 4.39 Å². The second-order valence-electron chi connectivity index (χ2n) is 4.95. The van der Waals surface area contributed by atoms with Gasteiger partial charge in [0.1, 0.15) is 10.7 Å². The van der Waals surface area contributed by atoms with E-state index < -0.39 is 20.7 Å². The highest BCUT2D eigenvalue weighted by atomic mass is 32.2. The second-order valence-corrected chi connectivity index (χ2v) is 6.68. The van der Waals surface area contributed by atoms with Crippen molar-refractivity contribution in [2.45, 2.75) is 44.3 Å². The maximum absolute atomic E-state index is 13.6. The molecular weight excluding hydrogens is 297 g/mol. The van der Waals surface area contributed by atoms with E-state index in [1.54, 1.807) is 0 Å². The van der Waals surface area contributed by atoms with E-state index in [2.05, 4.69) is 4.72 Å². The van der Waals surface area contributed by atoms with Gasteiger partial charge in [-0.15, -0.1) is 0 Å². The van der Waals surface area contributed by atoms with E-state index in [9.17, 15) is 12.8 Å². The maximum atomic E-state index is 13.6. The number of halogens is 1. The van der Waals surface area contributed by atoms with Gasteiger partial charge < -0.3 is 9.84 Å². The standard InChI is InChI=1S/C14H22FNO4S/c1-11(2)20-8-4-3-7-16-21(18,19)14-9-12(10-17)5-6-13(14)15/h5-6,9,11,16-17H,3-4,7-8,10H2,1-2H3. The van der Waals surface area contributed by atoms with Gasteiger partial charge in [-0.25, -0.2) is 17.5 Å². The average molecular weight is 319 g/mol. The summed E-state index contributed by atoms with van der Waals surface area (Å²) in [7, 11) is -3.90. The Kier molecular flexibility index (Phi) is 7.24. The predicted molar refractivity (Wildman–Crippen MR) is 77.8 cm³/mol. The highest BCUT2D eigenvalue weighted by molar-refractivity contribution is 7.89. The van der Waals surface area contributed by atoms with E-state index in [1.807, 2.05) is 13.8 Å². The Morgan fingerprint density at radius 1 is 1.33 bits per heavy atom. The third kappa shape index (κ3) is 6.09. The fourth-order valence-corrected chi connectivity index (χ4v) is 2.88. The summed E-state index contributed by atoms with van der Waals surface area (Å²) in [5.41, 5.74) is 0.349. The molecule has 7 heteroatoms. The smallest absolute Gasteiger partial charge is 0.243 e. The number of sulfonamides is 1. The van der Waals surface area contributed by atoms with Gasteiger partial charge in [0.2, 0.25) is 10.0 Å². The first-order valence-corrected chi connectivity index (χ1v) is 8.35. The number of nitrogens with one attached hydrogen (secondary N) is 1. The van der Waals surface area contributed by atoms with Crippen LogP contribution in [0.25, 0.3) is 0 Å². The molecule has 120 valence electrons. The Morgan fingerprint density at radius 2 is 2.05 bits per heavy atom. The first kappa shape index (κ1) is 18.0. The van der Waals surface area contributed by atoms with Crippen LogP contribution in [0, 0.1) is 5.82 Å². The van der Waals surface area contributed by atoms with Crippen molar-refractivity contribution < 1.29 is 22.7 Å². The Balaban J connectivity index is 2.54. The molecule has 0 fully saturated rings. The van der Waals surface area contributed by atoms with Crippen molar-refractivity contribution in [1.29, 1.82) is 0 Å². The molecule has 0 radical (unpaired) electrons. The highest BCUT2D eigenvalue weighted by Gasteiger charge is 2.18. The van der Waals surface area contributed by atoms with Crippen LogP contribution in [0.15, 0.2) is 23.1 Å². The number of ether oxygens (including phenoxy) is 1. The first-order valence-electron chi connectivity index (χ1n) is 6.87. The topological polar surface area (TPSA) is 75.6 Å². The van der Waals surface area contributed by atoms with Crippen LogP contribution in [0.5, 0.6) is 0 Å². The van der Waals surface area contributed by atoms with Crippen molar-refractivity contribution in [3.8, 4) is 0 Å². The molecule has 0 saturated heterocycles. The Hall–Kier alpha value is -1.02. The number of aliphatic hydroxyl groups excluding tert-OH is 1. The molecule has 0 aliphatic rings. The zero-order valence-corrected chi connectivity index (χ0v) is 13.1. The Bertz CT molecular complexity index is 546. The summed E-state index contributed by atoms with van der Waals surface area (Å²) in [5.74, 6) is -0.831. The highest BCUT2D eigenvalue weighted by Crippen LogP contribution is 2.16. The molecule has 0 aliphatic heterocycles. The molecule has 0 aliphatic carbocycles. The molecule has 2 N–H and O–H groups in total. The van der Waals surface area contributed by atoms with E-state index >= 15 is 0 Å². The Morgan fingerprint density at radius 3 is 2.67 bits per heavy atom. The summed E-state index contributed by atoms with van der Waals surface area (Å²) < 4.78 is 45.3. The molecule has 0 saturated carbocycles. The summed E-state index contributed by atoms with van der Waals surface area (Å²) in [6.45, 7) is 4.30. The van der Waals surface area contributed by atoms with Crippen molar-refractivity contribution in [2.75, 3.05) is 13.2 Å². The number of rotatable bonds is 9. The number of unbranched alkanes of at least 4 members (excludes halogenated alkanes) is 1. The van der Waals surface area contributed by atoms with Crippen LogP contribution in [0.3, 0.4) is 0 Å². The van der Waals surface area contributed by atoms with Gasteiger partial charge in [-0.3, -0.25) is 0 Å². The zero-order valence-electron chi connectivity index (χ0n) is 12.3. The van der Waals surface area contributed by atoms with Gasteiger partial charge in [0.05, 0.1) is 12.7 Å². The lowest BCUT2D eigenvalue weighted by atomic mass is 10.2. The molecule has 0 spiro atoms. The van der Waals surface area contributed by atoms with E-state index in [0.717, 1.165) is 18.6 Å². The summed E-state index contributed by atoms with van der Waals surface area (Å²) in [6.07, 6.45) is 1.48. The Labute approximate surface area is 125 Å². The first-order chi connectivity index (χ1) is 9.86. The third-order valence-corrected chi connectivity index (χ3v) is 4.26. The lowest BCUT2D eigenvalue weighted by Crippen LogP contribution is -2.26. The molecule has 0 atom stereocenters. The SMILES string of the molecule is CC(C)OCCCCNS(=O)(=O)c1cc(CO)ccc1F. The van der Waals surface area contributed by atoms with Gasteiger partial charge in [-0.1, -0.05) is 6.07 Å². The summed E-state index contributed by atoms with van der Waals surface area (Å²) in [6, 6.07) is 3.52. The van der Waals surface area contributed by atoms with Crippen molar-refractivity contribution in [3.05, 3.63) is 29.6 Å². The summed E-state index contributed by atoms with van der Waals surface area (Å²) in [5, 5.41) is 8.99. The third-order valence-electron chi connectivity index (χ3n) is 2.78. The molecule has 1 aromatic rings. The van der Waals surface area contributed by atoms with Crippen LogP contribution in [0.2, 0.25) is 0 Å². The second kappa shape index (κ2) is 8.43. The van der Waals surface area contributed by atoms with Crippen molar-refractivity contribution in [1.82, 2.24) is 4.72 Å². The van der Waals surface area contributed by atoms with Gasteiger partial charge in [-0.2, -0.15) is 0 Å². The van der Waals surface area contributed by atoms with Crippen LogP contribution >= 0.6 is 0 Å². The predicted octanol–water partition coefficient (Wildman–Crippen LogP) is 1.80. The minimum atomic E-state index is -3.90. The molecule has 0 aromatic heterocycles. The summed E-state index contributed by atoms with van der Waals surface area (Å²) >= 11 is 0. The molecule has 1 aromatic carbocycles. The van der Waals surface area contributed by atoms with Crippen molar-refractivity contribution >= 4 is 10.0 Å². The average Bonchev–Trinajstić information content (AvgIpc) is 2.42. The number of aliphatic hydroxyl groups is 1. The minimum Gasteiger partial charge on any atom is -0.392 e. The quantitative estimate of drug-likeness (QED) is 0.681. The van der Waals surface area contributed by atoms with E-state index in [0.29, 0.717) is 18.6 Å². The van der Waals surface area contributed by atoms with Gasteiger partial charge >= 0.3 is 0 Å². The van der Waals surface area contributed by atoms with Crippen molar-refractivity contribution in [3.63, 3.8) is 0 Å². The van der Waals surface area contributed by atoms with Gasteiger partial charge in [0, 0.05) is 13.2 Å². The zero-order chi connectivity index (χ0) is 15.9. The number of hydrogen-bond donors (Lipinski definition) is 2. The normalized spacial score (nSPS) is 12.0. The van der Waals surface area contributed by atoms with E-state index in [-0.39, 0.29) is 19.3 Å². The fraction of sp³-hybridized carbons (Fsp3) is 0.571. The van der Waals surface area contributed by atoms with Crippen LogP contribution in [-0.2, 0) is 21.4 Å².